The second kappa shape index (κ2) is 7.88. The fourth-order valence-corrected chi connectivity index (χ4v) is 4.39. The van der Waals surface area contributed by atoms with Crippen molar-refractivity contribution in [2.75, 3.05) is 31.1 Å². The Balaban J connectivity index is 1.42. The average Bonchev–Trinajstić information content (AvgIpc) is 3.15. The molecule has 3 heterocycles. The zero-order valence-corrected chi connectivity index (χ0v) is 17.4. The average molecular weight is 399 g/mol. The second-order valence-electron chi connectivity index (χ2n) is 7.87. The minimum Gasteiger partial charge on any atom is -0.354 e. The Morgan fingerprint density at radius 2 is 1.37 bits per heavy atom. The van der Waals surface area contributed by atoms with Crippen molar-refractivity contribution in [2.24, 2.45) is 0 Å². The molecule has 1 fully saturated rings. The summed E-state index contributed by atoms with van der Waals surface area (Å²) >= 11 is 0. The molecule has 6 nitrogen and oxygen atoms in total. The molecule has 0 amide bonds. The van der Waals surface area contributed by atoms with Crippen LogP contribution in [0.1, 0.15) is 28.7 Å². The lowest BCUT2D eigenvalue weighted by Gasteiger charge is -2.40. The van der Waals surface area contributed by atoms with Gasteiger partial charge in [-0.1, -0.05) is 60.7 Å². The van der Waals surface area contributed by atoms with Gasteiger partial charge in [0.05, 0.1) is 6.04 Å². The number of aromatic nitrogens is 4. The normalized spacial score (nSPS) is 15.2. The monoisotopic (exact) mass is 398 g/mol. The second-order valence-corrected chi connectivity index (χ2v) is 7.87. The third-order valence-corrected chi connectivity index (χ3v) is 5.76. The molecule has 0 unspecified atom stereocenters. The first kappa shape index (κ1) is 18.8. The molecule has 0 N–H and O–H groups in total. The van der Waals surface area contributed by atoms with Crippen LogP contribution < -0.4 is 4.90 Å². The molecule has 1 saturated heterocycles. The zero-order chi connectivity index (χ0) is 20.5. The highest BCUT2D eigenvalue weighted by molar-refractivity contribution is 5.48. The molecule has 0 spiro atoms. The lowest BCUT2D eigenvalue weighted by atomic mass is 9.96. The molecule has 5 rings (SSSR count). The molecule has 2 aromatic carbocycles. The third kappa shape index (κ3) is 3.55. The summed E-state index contributed by atoms with van der Waals surface area (Å²) in [5, 5.41) is 4.57. The summed E-state index contributed by atoms with van der Waals surface area (Å²) in [7, 11) is 0. The van der Waals surface area contributed by atoms with Crippen molar-refractivity contribution >= 4 is 11.6 Å². The minimum atomic E-state index is 0.266. The SMILES string of the molecule is Cc1cc(N2CCN(C(c3ccccc3)c3ccccc3)CC2)n2nc(C)nc2n1. The molecule has 1 aliphatic rings. The minimum absolute atomic E-state index is 0.266. The van der Waals surface area contributed by atoms with E-state index in [2.05, 4.69) is 91.6 Å². The number of benzene rings is 2. The third-order valence-electron chi connectivity index (χ3n) is 5.76. The van der Waals surface area contributed by atoms with Crippen LogP contribution in [0, 0.1) is 13.8 Å². The van der Waals surface area contributed by atoms with Crippen LogP contribution in [0.5, 0.6) is 0 Å². The largest absolute Gasteiger partial charge is 0.354 e. The van der Waals surface area contributed by atoms with Gasteiger partial charge in [0.15, 0.2) is 0 Å². The van der Waals surface area contributed by atoms with Gasteiger partial charge in [-0.25, -0.2) is 4.98 Å². The molecule has 0 radical (unpaired) electrons. The molecule has 0 aliphatic carbocycles. The molecule has 6 heteroatoms. The smallest absolute Gasteiger partial charge is 0.254 e. The fourth-order valence-electron chi connectivity index (χ4n) is 4.39. The van der Waals surface area contributed by atoms with Gasteiger partial charge in [0.1, 0.15) is 11.6 Å². The van der Waals surface area contributed by atoms with E-state index in [1.54, 1.807) is 0 Å². The first-order chi connectivity index (χ1) is 14.7. The van der Waals surface area contributed by atoms with Gasteiger partial charge >= 0.3 is 0 Å². The van der Waals surface area contributed by atoms with E-state index in [1.807, 2.05) is 18.4 Å². The molecular weight excluding hydrogens is 372 g/mol. The quantitative estimate of drug-likeness (QED) is 0.525. The van der Waals surface area contributed by atoms with Crippen LogP contribution in [-0.2, 0) is 0 Å². The molecular formula is C24H26N6. The predicted molar refractivity (Wildman–Crippen MR) is 119 cm³/mol. The highest BCUT2D eigenvalue weighted by Gasteiger charge is 2.27. The summed E-state index contributed by atoms with van der Waals surface area (Å²) < 4.78 is 1.88. The molecule has 1 aliphatic heterocycles. The van der Waals surface area contributed by atoms with Crippen molar-refractivity contribution in [3.05, 3.63) is 89.4 Å². The summed E-state index contributed by atoms with van der Waals surface area (Å²) in [6.45, 7) is 7.76. The summed E-state index contributed by atoms with van der Waals surface area (Å²) in [4.78, 5) is 14.0. The van der Waals surface area contributed by atoms with Crippen molar-refractivity contribution in [2.45, 2.75) is 19.9 Å². The number of anilines is 1. The van der Waals surface area contributed by atoms with E-state index in [-0.39, 0.29) is 6.04 Å². The molecule has 4 aromatic rings. The molecule has 0 atom stereocenters. The number of fused-ring (bicyclic) bond motifs is 1. The number of hydrogen-bond donors (Lipinski definition) is 0. The van der Waals surface area contributed by atoms with E-state index in [1.165, 1.54) is 11.1 Å². The number of nitrogens with zero attached hydrogens (tertiary/aromatic N) is 6. The predicted octanol–water partition coefficient (Wildman–Crippen LogP) is 3.65. The molecule has 30 heavy (non-hydrogen) atoms. The van der Waals surface area contributed by atoms with E-state index in [9.17, 15) is 0 Å². The maximum absolute atomic E-state index is 4.57. The maximum atomic E-state index is 4.57. The Morgan fingerprint density at radius 3 is 1.97 bits per heavy atom. The van der Waals surface area contributed by atoms with Gasteiger partial charge < -0.3 is 4.90 Å². The lowest BCUT2D eigenvalue weighted by molar-refractivity contribution is 0.211. The molecule has 152 valence electrons. The van der Waals surface area contributed by atoms with Crippen LogP contribution in [0.3, 0.4) is 0 Å². The first-order valence-electron chi connectivity index (χ1n) is 10.5. The summed E-state index contributed by atoms with van der Waals surface area (Å²) in [6, 6.07) is 24.0. The Bertz CT molecular complexity index is 1090. The molecule has 0 saturated carbocycles. The van der Waals surface area contributed by atoms with Crippen molar-refractivity contribution in [1.82, 2.24) is 24.5 Å². The van der Waals surface area contributed by atoms with Gasteiger partial charge in [0, 0.05) is 37.9 Å². The van der Waals surface area contributed by atoms with E-state index in [4.69, 9.17) is 0 Å². The topological polar surface area (TPSA) is 49.6 Å². The van der Waals surface area contributed by atoms with Gasteiger partial charge in [0.2, 0.25) is 0 Å². The van der Waals surface area contributed by atoms with Crippen molar-refractivity contribution in [3.63, 3.8) is 0 Å². The standard InChI is InChI=1S/C24H26N6/c1-18-17-22(30-24(25-18)26-19(2)27-30)28-13-15-29(16-14-28)23(20-9-5-3-6-10-20)21-11-7-4-8-12-21/h3-12,17,23H,13-16H2,1-2H3. The number of aryl methyl sites for hydroxylation is 2. The van der Waals surface area contributed by atoms with E-state index >= 15 is 0 Å². The number of piperazine rings is 1. The van der Waals surface area contributed by atoms with Crippen molar-refractivity contribution in [1.29, 1.82) is 0 Å². The van der Waals surface area contributed by atoms with Gasteiger partial charge in [-0.05, 0) is 25.0 Å². The Labute approximate surface area is 176 Å². The highest BCUT2D eigenvalue weighted by atomic mass is 15.4. The van der Waals surface area contributed by atoms with Gasteiger partial charge in [0.25, 0.3) is 5.78 Å². The first-order valence-corrected chi connectivity index (χ1v) is 10.5. The molecule has 0 bridgehead atoms. The van der Waals surface area contributed by atoms with Crippen molar-refractivity contribution in [3.8, 4) is 0 Å². The summed E-state index contributed by atoms with van der Waals surface area (Å²) in [5.41, 5.74) is 3.65. The zero-order valence-electron chi connectivity index (χ0n) is 17.4. The highest BCUT2D eigenvalue weighted by Crippen LogP contribution is 2.30. The number of rotatable bonds is 4. The fraction of sp³-hybridized carbons (Fsp3) is 0.292. The number of hydrogen-bond acceptors (Lipinski definition) is 5. The van der Waals surface area contributed by atoms with Crippen LogP contribution in [0.25, 0.3) is 5.78 Å². The van der Waals surface area contributed by atoms with Crippen molar-refractivity contribution < 1.29 is 0 Å². The van der Waals surface area contributed by atoms with Crippen LogP contribution in [0.15, 0.2) is 66.7 Å². The lowest BCUT2D eigenvalue weighted by Crippen LogP contribution is -2.48. The Morgan fingerprint density at radius 1 is 0.767 bits per heavy atom. The van der Waals surface area contributed by atoms with Gasteiger partial charge in [-0.15, -0.1) is 5.10 Å². The van der Waals surface area contributed by atoms with Gasteiger partial charge in [-0.3, -0.25) is 4.90 Å². The van der Waals surface area contributed by atoms with Gasteiger partial charge in [-0.2, -0.15) is 9.50 Å². The van der Waals surface area contributed by atoms with E-state index in [0.29, 0.717) is 5.78 Å². The maximum Gasteiger partial charge on any atom is 0.254 e. The molecule has 2 aromatic heterocycles. The van der Waals surface area contributed by atoms with Crippen LogP contribution in [0.4, 0.5) is 5.82 Å². The summed E-state index contributed by atoms with van der Waals surface area (Å²) in [6.07, 6.45) is 0. The Hall–Kier alpha value is -3.25. The van der Waals surface area contributed by atoms with E-state index in [0.717, 1.165) is 43.5 Å². The van der Waals surface area contributed by atoms with Crippen LogP contribution >= 0.6 is 0 Å². The Kier molecular flexibility index (Phi) is 4.93. The van der Waals surface area contributed by atoms with E-state index < -0.39 is 0 Å². The van der Waals surface area contributed by atoms with Crippen LogP contribution in [0.2, 0.25) is 0 Å². The van der Waals surface area contributed by atoms with Crippen LogP contribution in [-0.4, -0.2) is 50.7 Å². The summed E-state index contributed by atoms with van der Waals surface area (Å²) in [5.74, 6) is 2.51.